The Morgan fingerprint density at radius 1 is 1.31 bits per heavy atom. The predicted molar refractivity (Wildman–Crippen MR) is 55.7 cm³/mol. The van der Waals surface area contributed by atoms with Crippen LogP contribution in [0.2, 0.25) is 0 Å². The third-order valence-corrected chi connectivity index (χ3v) is 2.80. The topological polar surface area (TPSA) is 23.5 Å². The summed E-state index contributed by atoms with van der Waals surface area (Å²) in [5.74, 6) is 1.36. The minimum Gasteiger partial charge on any atom is -0.392 e. The van der Waals surface area contributed by atoms with Crippen LogP contribution < -0.4 is 0 Å². The minimum atomic E-state index is -0.0915. The van der Waals surface area contributed by atoms with Gasteiger partial charge in [-0.15, -0.1) is 0 Å². The Morgan fingerprint density at radius 2 is 1.92 bits per heavy atom. The minimum absolute atomic E-state index is 0.0915. The van der Waals surface area contributed by atoms with Crippen molar-refractivity contribution in [2.24, 2.45) is 11.8 Å². The fraction of sp³-hybridized carbons (Fsp3) is 1.00. The molecular weight excluding hydrogens is 162 g/mol. The molecule has 13 heavy (non-hydrogen) atoms. The van der Waals surface area contributed by atoms with E-state index in [0.717, 1.165) is 19.5 Å². The first-order valence-electron chi connectivity index (χ1n) is 5.42. The summed E-state index contributed by atoms with van der Waals surface area (Å²) in [7, 11) is 0. The molecule has 1 aliphatic heterocycles. The molecular formula is C11H23NO. The molecule has 2 nitrogen and oxygen atoms in total. The average molecular weight is 185 g/mol. The molecule has 0 aromatic heterocycles. The van der Waals surface area contributed by atoms with Crippen molar-refractivity contribution in [1.82, 2.24) is 4.90 Å². The van der Waals surface area contributed by atoms with Gasteiger partial charge in [-0.3, -0.25) is 4.90 Å². The van der Waals surface area contributed by atoms with Crippen LogP contribution in [0.3, 0.4) is 0 Å². The molecule has 1 rings (SSSR count). The van der Waals surface area contributed by atoms with Gasteiger partial charge >= 0.3 is 0 Å². The second-order valence-electron chi connectivity index (χ2n) is 5.05. The van der Waals surface area contributed by atoms with Crippen LogP contribution in [0.25, 0.3) is 0 Å². The standard InChI is InChI=1S/C11H23NO/c1-8(2)6-12-7-10(13)5-11(12)9(3)4/h8-11,13H,5-7H2,1-4H3. The Kier molecular flexibility index (Phi) is 3.74. The lowest BCUT2D eigenvalue weighted by Gasteiger charge is -2.28. The third kappa shape index (κ3) is 2.96. The van der Waals surface area contributed by atoms with Crippen LogP contribution in [0.5, 0.6) is 0 Å². The molecule has 1 aliphatic rings. The van der Waals surface area contributed by atoms with Gasteiger partial charge in [-0.1, -0.05) is 27.7 Å². The molecule has 2 atom stereocenters. The molecule has 2 heteroatoms. The molecule has 0 aromatic rings. The highest BCUT2D eigenvalue weighted by Crippen LogP contribution is 2.24. The van der Waals surface area contributed by atoms with Crippen molar-refractivity contribution >= 4 is 0 Å². The van der Waals surface area contributed by atoms with E-state index in [2.05, 4.69) is 32.6 Å². The maximum Gasteiger partial charge on any atom is 0.0682 e. The molecule has 1 N–H and O–H groups in total. The number of β-amino-alcohol motifs (C(OH)–C–C–N with tert-alkyl or cyclic N) is 1. The average Bonchev–Trinajstić information content (AvgIpc) is 2.29. The number of nitrogens with zero attached hydrogens (tertiary/aromatic N) is 1. The zero-order valence-corrected chi connectivity index (χ0v) is 9.33. The highest BCUT2D eigenvalue weighted by molar-refractivity contribution is 4.87. The summed E-state index contributed by atoms with van der Waals surface area (Å²) in [6.07, 6.45) is 0.871. The van der Waals surface area contributed by atoms with Gasteiger partial charge in [0.15, 0.2) is 0 Å². The van der Waals surface area contributed by atoms with Gasteiger partial charge in [0, 0.05) is 19.1 Å². The van der Waals surface area contributed by atoms with Crippen LogP contribution in [0.4, 0.5) is 0 Å². The van der Waals surface area contributed by atoms with Crippen LogP contribution in [-0.4, -0.2) is 35.2 Å². The Hall–Kier alpha value is -0.0800. The van der Waals surface area contributed by atoms with E-state index >= 15 is 0 Å². The first-order chi connectivity index (χ1) is 6.00. The van der Waals surface area contributed by atoms with Crippen LogP contribution in [-0.2, 0) is 0 Å². The van der Waals surface area contributed by atoms with Crippen LogP contribution in [0.1, 0.15) is 34.1 Å². The number of hydrogen-bond acceptors (Lipinski definition) is 2. The van der Waals surface area contributed by atoms with Crippen molar-refractivity contribution in [3.8, 4) is 0 Å². The lowest BCUT2D eigenvalue weighted by atomic mass is 10.0. The largest absolute Gasteiger partial charge is 0.392 e. The molecule has 0 aromatic carbocycles. The van der Waals surface area contributed by atoms with Crippen LogP contribution >= 0.6 is 0 Å². The molecule has 0 bridgehead atoms. The number of aliphatic hydroxyl groups is 1. The zero-order chi connectivity index (χ0) is 10.0. The fourth-order valence-corrected chi connectivity index (χ4v) is 2.28. The monoisotopic (exact) mass is 185 g/mol. The van der Waals surface area contributed by atoms with E-state index in [0.29, 0.717) is 17.9 Å². The van der Waals surface area contributed by atoms with Crippen molar-refractivity contribution < 1.29 is 5.11 Å². The normalized spacial score (nSPS) is 30.7. The second kappa shape index (κ2) is 4.43. The SMILES string of the molecule is CC(C)CN1CC(O)CC1C(C)C. The van der Waals surface area contributed by atoms with Gasteiger partial charge < -0.3 is 5.11 Å². The summed E-state index contributed by atoms with van der Waals surface area (Å²) in [6, 6.07) is 0.595. The molecule has 78 valence electrons. The predicted octanol–water partition coefficient (Wildman–Crippen LogP) is 1.73. The van der Waals surface area contributed by atoms with E-state index in [4.69, 9.17) is 0 Å². The van der Waals surface area contributed by atoms with Gasteiger partial charge in [-0.05, 0) is 18.3 Å². The summed E-state index contributed by atoms with van der Waals surface area (Å²) in [6.45, 7) is 11.0. The molecule has 0 spiro atoms. The molecule has 0 radical (unpaired) electrons. The van der Waals surface area contributed by atoms with E-state index in [9.17, 15) is 5.11 Å². The maximum absolute atomic E-state index is 9.59. The van der Waals surface area contributed by atoms with Crippen molar-refractivity contribution in [2.45, 2.75) is 46.3 Å². The lowest BCUT2D eigenvalue weighted by molar-refractivity contribution is 0.162. The van der Waals surface area contributed by atoms with Crippen molar-refractivity contribution in [1.29, 1.82) is 0 Å². The first-order valence-corrected chi connectivity index (χ1v) is 5.42. The van der Waals surface area contributed by atoms with Gasteiger partial charge in [0.25, 0.3) is 0 Å². The number of hydrogen-bond donors (Lipinski definition) is 1. The van der Waals surface area contributed by atoms with Crippen molar-refractivity contribution in [3.63, 3.8) is 0 Å². The van der Waals surface area contributed by atoms with Gasteiger partial charge in [0.05, 0.1) is 6.10 Å². The Bertz CT molecular complexity index is 156. The van der Waals surface area contributed by atoms with E-state index < -0.39 is 0 Å². The van der Waals surface area contributed by atoms with Crippen LogP contribution in [0.15, 0.2) is 0 Å². The third-order valence-electron chi connectivity index (χ3n) is 2.80. The highest BCUT2D eigenvalue weighted by Gasteiger charge is 2.32. The van der Waals surface area contributed by atoms with E-state index in [1.54, 1.807) is 0 Å². The molecule has 0 saturated carbocycles. The molecule has 1 heterocycles. The Labute approximate surface area is 81.9 Å². The molecule has 1 fully saturated rings. The van der Waals surface area contributed by atoms with E-state index in [1.165, 1.54) is 0 Å². The lowest BCUT2D eigenvalue weighted by Crippen LogP contribution is -2.36. The quantitative estimate of drug-likeness (QED) is 0.724. The van der Waals surface area contributed by atoms with Crippen molar-refractivity contribution in [3.05, 3.63) is 0 Å². The number of aliphatic hydroxyl groups excluding tert-OH is 1. The van der Waals surface area contributed by atoms with Gasteiger partial charge in [0.2, 0.25) is 0 Å². The Morgan fingerprint density at radius 3 is 2.38 bits per heavy atom. The number of likely N-dealkylation sites (tertiary alicyclic amines) is 1. The molecule has 2 unspecified atom stereocenters. The maximum atomic E-state index is 9.59. The van der Waals surface area contributed by atoms with E-state index in [-0.39, 0.29) is 6.10 Å². The highest BCUT2D eigenvalue weighted by atomic mass is 16.3. The van der Waals surface area contributed by atoms with Gasteiger partial charge in [-0.2, -0.15) is 0 Å². The van der Waals surface area contributed by atoms with Crippen LogP contribution in [0, 0.1) is 11.8 Å². The van der Waals surface area contributed by atoms with Crippen molar-refractivity contribution in [2.75, 3.05) is 13.1 Å². The van der Waals surface area contributed by atoms with Gasteiger partial charge in [-0.25, -0.2) is 0 Å². The summed E-state index contributed by atoms with van der Waals surface area (Å²) >= 11 is 0. The molecule has 0 amide bonds. The summed E-state index contributed by atoms with van der Waals surface area (Å²) in [5.41, 5.74) is 0. The fourth-order valence-electron chi connectivity index (χ4n) is 2.28. The molecule has 1 saturated heterocycles. The van der Waals surface area contributed by atoms with E-state index in [1.807, 2.05) is 0 Å². The molecule has 0 aliphatic carbocycles. The summed E-state index contributed by atoms with van der Waals surface area (Å²) < 4.78 is 0. The number of rotatable bonds is 3. The summed E-state index contributed by atoms with van der Waals surface area (Å²) in [4.78, 5) is 2.44. The first kappa shape index (κ1) is 11.0. The zero-order valence-electron chi connectivity index (χ0n) is 9.33. The second-order valence-corrected chi connectivity index (χ2v) is 5.05. The summed E-state index contributed by atoms with van der Waals surface area (Å²) in [5, 5.41) is 9.59. The van der Waals surface area contributed by atoms with Gasteiger partial charge in [0.1, 0.15) is 0 Å². The Balaban J connectivity index is 2.50. The smallest absolute Gasteiger partial charge is 0.0682 e.